The Balaban J connectivity index is 1.90. The second-order valence-electron chi connectivity index (χ2n) is 5.49. The SMILES string of the molecule is NS(=O)(=O)c1ccc2c(c1)C(C(=O)N1CCCCC1)CO2. The minimum atomic E-state index is -3.78. The van der Waals surface area contributed by atoms with Crippen LogP contribution >= 0.6 is 0 Å². The fraction of sp³-hybridized carbons (Fsp3) is 0.500. The number of hydrogen-bond donors (Lipinski definition) is 1. The molecule has 1 amide bonds. The highest BCUT2D eigenvalue weighted by Crippen LogP contribution is 2.36. The first-order valence-electron chi connectivity index (χ1n) is 7.05. The Morgan fingerprint density at radius 1 is 1.24 bits per heavy atom. The molecule has 0 radical (unpaired) electrons. The number of ether oxygens (including phenoxy) is 1. The van der Waals surface area contributed by atoms with Gasteiger partial charge in [-0.3, -0.25) is 4.79 Å². The Hall–Kier alpha value is -1.60. The Kier molecular flexibility index (Phi) is 3.62. The Morgan fingerprint density at radius 3 is 2.62 bits per heavy atom. The van der Waals surface area contributed by atoms with Gasteiger partial charge in [0, 0.05) is 18.7 Å². The number of sulfonamides is 1. The van der Waals surface area contributed by atoms with Crippen LogP contribution in [0.1, 0.15) is 30.7 Å². The highest BCUT2D eigenvalue weighted by Gasteiger charge is 2.34. The normalized spacial score (nSPS) is 21.8. The number of rotatable bonds is 2. The van der Waals surface area contributed by atoms with Gasteiger partial charge in [-0.2, -0.15) is 0 Å². The monoisotopic (exact) mass is 310 g/mol. The number of nitrogens with two attached hydrogens (primary N) is 1. The molecule has 2 heterocycles. The second-order valence-corrected chi connectivity index (χ2v) is 7.06. The molecular weight excluding hydrogens is 292 g/mol. The van der Waals surface area contributed by atoms with Crippen LogP contribution in [0.3, 0.4) is 0 Å². The lowest BCUT2D eigenvalue weighted by atomic mass is 9.98. The number of carbonyl (C=O) groups excluding carboxylic acids is 1. The summed E-state index contributed by atoms with van der Waals surface area (Å²) in [7, 11) is -3.78. The minimum Gasteiger partial charge on any atom is -0.492 e. The van der Waals surface area contributed by atoms with E-state index in [0.717, 1.165) is 32.4 Å². The fourth-order valence-electron chi connectivity index (χ4n) is 2.91. The molecule has 1 atom stereocenters. The van der Waals surface area contributed by atoms with Gasteiger partial charge in [0.25, 0.3) is 0 Å². The Labute approximate surface area is 123 Å². The molecule has 0 bridgehead atoms. The summed E-state index contributed by atoms with van der Waals surface area (Å²) >= 11 is 0. The van der Waals surface area contributed by atoms with E-state index in [-0.39, 0.29) is 17.4 Å². The molecule has 2 aliphatic heterocycles. The van der Waals surface area contributed by atoms with Gasteiger partial charge in [-0.05, 0) is 37.5 Å². The number of primary sulfonamides is 1. The predicted molar refractivity (Wildman–Crippen MR) is 76.5 cm³/mol. The van der Waals surface area contributed by atoms with Crippen LogP contribution in [0.25, 0.3) is 0 Å². The summed E-state index contributed by atoms with van der Waals surface area (Å²) in [5.74, 6) is 0.151. The van der Waals surface area contributed by atoms with Gasteiger partial charge < -0.3 is 9.64 Å². The van der Waals surface area contributed by atoms with E-state index in [9.17, 15) is 13.2 Å². The summed E-state index contributed by atoms with van der Waals surface area (Å²) in [6.07, 6.45) is 3.18. The lowest BCUT2D eigenvalue weighted by Gasteiger charge is -2.28. The molecule has 1 unspecified atom stereocenters. The Morgan fingerprint density at radius 2 is 1.95 bits per heavy atom. The van der Waals surface area contributed by atoms with Gasteiger partial charge in [-0.15, -0.1) is 0 Å². The van der Waals surface area contributed by atoms with E-state index in [0.29, 0.717) is 11.3 Å². The van der Waals surface area contributed by atoms with Crippen molar-refractivity contribution in [2.45, 2.75) is 30.1 Å². The summed E-state index contributed by atoms with van der Waals surface area (Å²) in [4.78, 5) is 14.4. The zero-order valence-corrected chi connectivity index (χ0v) is 12.4. The van der Waals surface area contributed by atoms with Crippen LogP contribution in [0.5, 0.6) is 5.75 Å². The van der Waals surface area contributed by atoms with E-state index in [4.69, 9.17) is 9.88 Å². The number of fused-ring (bicyclic) bond motifs is 1. The summed E-state index contributed by atoms with van der Waals surface area (Å²) in [6, 6.07) is 4.44. The van der Waals surface area contributed by atoms with Crippen molar-refractivity contribution in [1.82, 2.24) is 4.90 Å². The summed E-state index contributed by atoms with van der Waals surface area (Å²) < 4.78 is 28.4. The average molecular weight is 310 g/mol. The molecule has 0 spiro atoms. The zero-order chi connectivity index (χ0) is 15.0. The van der Waals surface area contributed by atoms with Gasteiger partial charge in [-0.25, -0.2) is 13.6 Å². The standard InChI is InChI=1S/C14H18N2O4S/c15-21(18,19)10-4-5-13-11(8-10)12(9-20-13)14(17)16-6-2-1-3-7-16/h4-5,8,12H,1-3,6-7,9H2,(H2,15,18,19). The Bertz CT molecular complexity index is 666. The van der Waals surface area contributed by atoms with Crippen LogP contribution < -0.4 is 9.88 Å². The van der Waals surface area contributed by atoms with E-state index < -0.39 is 15.9 Å². The zero-order valence-electron chi connectivity index (χ0n) is 11.6. The highest BCUT2D eigenvalue weighted by molar-refractivity contribution is 7.89. The van der Waals surface area contributed by atoms with Crippen molar-refractivity contribution >= 4 is 15.9 Å². The lowest BCUT2D eigenvalue weighted by Crippen LogP contribution is -2.39. The molecule has 7 heteroatoms. The average Bonchev–Trinajstić information content (AvgIpc) is 2.89. The first-order valence-corrected chi connectivity index (χ1v) is 8.60. The number of piperidine rings is 1. The maximum absolute atomic E-state index is 12.6. The number of benzene rings is 1. The molecule has 1 aromatic rings. The third-order valence-corrected chi connectivity index (χ3v) is 4.97. The molecule has 21 heavy (non-hydrogen) atoms. The summed E-state index contributed by atoms with van der Waals surface area (Å²) in [5, 5.41) is 5.15. The largest absolute Gasteiger partial charge is 0.492 e. The van der Waals surface area contributed by atoms with Crippen LogP contribution in [0.15, 0.2) is 23.1 Å². The van der Waals surface area contributed by atoms with Crippen LogP contribution in [-0.4, -0.2) is 38.9 Å². The smallest absolute Gasteiger partial charge is 0.238 e. The molecule has 2 N–H and O–H groups in total. The van der Waals surface area contributed by atoms with Crippen molar-refractivity contribution < 1.29 is 17.9 Å². The maximum Gasteiger partial charge on any atom is 0.238 e. The molecule has 1 fully saturated rings. The van der Waals surface area contributed by atoms with Gasteiger partial charge >= 0.3 is 0 Å². The van der Waals surface area contributed by atoms with Crippen molar-refractivity contribution in [2.24, 2.45) is 5.14 Å². The number of amides is 1. The van der Waals surface area contributed by atoms with Gasteiger partial charge in [0.1, 0.15) is 18.3 Å². The van der Waals surface area contributed by atoms with Gasteiger partial charge in [-0.1, -0.05) is 0 Å². The lowest BCUT2D eigenvalue weighted by molar-refractivity contribution is -0.133. The topological polar surface area (TPSA) is 89.7 Å². The van der Waals surface area contributed by atoms with E-state index >= 15 is 0 Å². The number of hydrogen-bond acceptors (Lipinski definition) is 4. The van der Waals surface area contributed by atoms with Gasteiger partial charge in [0.2, 0.25) is 15.9 Å². The number of likely N-dealkylation sites (tertiary alicyclic amines) is 1. The van der Waals surface area contributed by atoms with Crippen LogP contribution in [0.2, 0.25) is 0 Å². The van der Waals surface area contributed by atoms with Crippen molar-refractivity contribution in [3.8, 4) is 5.75 Å². The number of carbonyl (C=O) groups is 1. The summed E-state index contributed by atoms with van der Waals surface area (Å²) in [5.41, 5.74) is 0.622. The molecule has 1 saturated heterocycles. The maximum atomic E-state index is 12.6. The molecule has 3 rings (SSSR count). The molecule has 0 aromatic heterocycles. The first kappa shape index (κ1) is 14.3. The van der Waals surface area contributed by atoms with E-state index in [1.54, 1.807) is 6.07 Å². The molecule has 2 aliphatic rings. The van der Waals surface area contributed by atoms with E-state index in [2.05, 4.69) is 0 Å². The van der Waals surface area contributed by atoms with E-state index in [1.165, 1.54) is 12.1 Å². The van der Waals surface area contributed by atoms with Crippen molar-refractivity contribution in [1.29, 1.82) is 0 Å². The molecule has 114 valence electrons. The van der Waals surface area contributed by atoms with E-state index in [1.807, 2.05) is 4.90 Å². The highest BCUT2D eigenvalue weighted by atomic mass is 32.2. The third kappa shape index (κ3) is 2.75. The summed E-state index contributed by atoms with van der Waals surface area (Å²) in [6.45, 7) is 1.79. The first-order chi connectivity index (χ1) is 9.97. The van der Waals surface area contributed by atoms with Gasteiger partial charge in [0.15, 0.2) is 0 Å². The van der Waals surface area contributed by atoms with Crippen LogP contribution in [-0.2, 0) is 14.8 Å². The third-order valence-electron chi connectivity index (χ3n) is 4.06. The fourth-order valence-corrected chi connectivity index (χ4v) is 3.46. The molecule has 0 aliphatic carbocycles. The van der Waals surface area contributed by atoms with Crippen LogP contribution in [0, 0.1) is 0 Å². The quantitative estimate of drug-likeness (QED) is 0.876. The predicted octanol–water partition coefficient (Wildman–Crippen LogP) is 0.823. The second kappa shape index (κ2) is 5.31. The van der Waals surface area contributed by atoms with Crippen molar-refractivity contribution in [2.75, 3.05) is 19.7 Å². The van der Waals surface area contributed by atoms with Crippen molar-refractivity contribution in [3.63, 3.8) is 0 Å². The van der Waals surface area contributed by atoms with Crippen LogP contribution in [0.4, 0.5) is 0 Å². The number of nitrogens with zero attached hydrogens (tertiary/aromatic N) is 1. The molecular formula is C14H18N2O4S. The minimum absolute atomic E-state index is 0.0139. The van der Waals surface area contributed by atoms with Crippen molar-refractivity contribution in [3.05, 3.63) is 23.8 Å². The molecule has 0 saturated carbocycles. The molecule has 6 nitrogen and oxygen atoms in total. The van der Waals surface area contributed by atoms with Gasteiger partial charge in [0.05, 0.1) is 4.90 Å². The molecule has 1 aromatic carbocycles.